The number of carbonyl (C=O) groups is 2. The Morgan fingerprint density at radius 3 is 2.77 bits per heavy atom. The van der Waals surface area contributed by atoms with Gasteiger partial charge in [-0.3, -0.25) is 4.79 Å². The molecule has 2 aromatic rings. The standard InChI is InChI=1S/C14H19N5O3/c1-5-8(2)15-11(20)7-22-13(21)12-17-14-16-9(3)6-10(4)19(14)18-12/h6,8H,5,7H2,1-4H3,(H,15,20)/t8-/m1/s1. The van der Waals surface area contributed by atoms with E-state index in [9.17, 15) is 9.59 Å². The predicted octanol–water partition coefficient (Wildman–Crippen LogP) is 0.813. The van der Waals surface area contributed by atoms with Crippen LogP contribution in [0.1, 0.15) is 42.3 Å². The molecule has 0 radical (unpaired) electrons. The number of fused-ring (bicyclic) bond motifs is 1. The van der Waals surface area contributed by atoms with Gasteiger partial charge in [-0.2, -0.15) is 4.98 Å². The van der Waals surface area contributed by atoms with Gasteiger partial charge in [0.15, 0.2) is 6.61 Å². The van der Waals surface area contributed by atoms with Gasteiger partial charge in [0.2, 0.25) is 0 Å². The molecule has 1 N–H and O–H groups in total. The molecule has 0 aromatic carbocycles. The molecule has 0 aliphatic carbocycles. The van der Waals surface area contributed by atoms with Crippen molar-refractivity contribution in [2.75, 3.05) is 6.61 Å². The lowest BCUT2D eigenvalue weighted by Crippen LogP contribution is -2.35. The van der Waals surface area contributed by atoms with Crippen molar-refractivity contribution in [3.8, 4) is 0 Å². The van der Waals surface area contributed by atoms with Gasteiger partial charge in [-0.15, -0.1) is 5.10 Å². The van der Waals surface area contributed by atoms with Crippen molar-refractivity contribution >= 4 is 17.7 Å². The van der Waals surface area contributed by atoms with Crippen molar-refractivity contribution in [3.05, 3.63) is 23.3 Å². The number of hydrogen-bond acceptors (Lipinski definition) is 6. The SMILES string of the molecule is CC[C@@H](C)NC(=O)COC(=O)c1nc2nc(C)cc(C)n2n1. The van der Waals surface area contributed by atoms with Crippen LogP contribution < -0.4 is 5.32 Å². The molecule has 22 heavy (non-hydrogen) atoms. The lowest BCUT2D eigenvalue weighted by molar-refractivity contribution is -0.124. The van der Waals surface area contributed by atoms with E-state index < -0.39 is 5.97 Å². The first-order chi connectivity index (χ1) is 10.4. The third-order valence-electron chi connectivity index (χ3n) is 3.15. The maximum atomic E-state index is 11.9. The molecule has 8 heteroatoms. The quantitative estimate of drug-likeness (QED) is 0.821. The van der Waals surface area contributed by atoms with Crippen molar-refractivity contribution in [2.24, 2.45) is 0 Å². The highest BCUT2D eigenvalue weighted by Crippen LogP contribution is 2.06. The fourth-order valence-electron chi connectivity index (χ4n) is 1.87. The molecule has 0 saturated carbocycles. The third-order valence-corrected chi connectivity index (χ3v) is 3.15. The monoisotopic (exact) mass is 305 g/mol. The Morgan fingerprint density at radius 1 is 1.36 bits per heavy atom. The lowest BCUT2D eigenvalue weighted by atomic mass is 10.2. The van der Waals surface area contributed by atoms with Crippen molar-refractivity contribution in [2.45, 2.75) is 40.2 Å². The highest BCUT2D eigenvalue weighted by molar-refractivity contribution is 5.88. The molecule has 0 bridgehead atoms. The van der Waals surface area contributed by atoms with E-state index in [1.165, 1.54) is 4.52 Å². The van der Waals surface area contributed by atoms with Gasteiger partial charge in [0.05, 0.1) is 0 Å². The summed E-state index contributed by atoms with van der Waals surface area (Å²) in [5.41, 5.74) is 1.59. The van der Waals surface area contributed by atoms with E-state index in [0.717, 1.165) is 17.8 Å². The summed E-state index contributed by atoms with van der Waals surface area (Å²) in [5, 5.41) is 6.75. The average molecular weight is 305 g/mol. The summed E-state index contributed by atoms with van der Waals surface area (Å²) in [4.78, 5) is 31.7. The fourth-order valence-corrected chi connectivity index (χ4v) is 1.87. The lowest BCUT2D eigenvalue weighted by Gasteiger charge is -2.10. The normalized spacial score (nSPS) is 12.2. The number of nitrogens with zero attached hydrogens (tertiary/aromatic N) is 4. The van der Waals surface area contributed by atoms with E-state index >= 15 is 0 Å². The van der Waals surface area contributed by atoms with E-state index in [-0.39, 0.29) is 24.4 Å². The van der Waals surface area contributed by atoms with Crippen LogP contribution in [0.5, 0.6) is 0 Å². The minimum atomic E-state index is -0.748. The highest BCUT2D eigenvalue weighted by atomic mass is 16.5. The van der Waals surface area contributed by atoms with Crippen LogP contribution in [0.2, 0.25) is 0 Å². The molecule has 8 nitrogen and oxygen atoms in total. The smallest absolute Gasteiger partial charge is 0.378 e. The average Bonchev–Trinajstić information content (AvgIpc) is 2.88. The van der Waals surface area contributed by atoms with Crippen molar-refractivity contribution in [1.82, 2.24) is 24.9 Å². The molecule has 0 fully saturated rings. The number of rotatable bonds is 5. The largest absolute Gasteiger partial charge is 0.450 e. The van der Waals surface area contributed by atoms with E-state index in [1.54, 1.807) is 0 Å². The number of hydrogen-bond donors (Lipinski definition) is 1. The molecule has 0 unspecified atom stereocenters. The van der Waals surface area contributed by atoms with E-state index in [4.69, 9.17) is 4.74 Å². The van der Waals surface area contributed by atoms with Crippen molar-refractivity contribution < 1.29 is 14.3 Å². The zero-order valence-corrected chi connectivity index (χ0v) is 13.1. The summed E-state index contributed by atoms with van der Waals surface area (Å²) in [7, 11) is 0. The van der Waals surface area contributed by atoms with Gasteiger partial charge < -0.3 is 10.1 Å². The van der Waals surface area contributed by atoms with Crippen LogP contribution in [0.25, 0.3) is 5.78 Å². The Bertz CT molecular complexity index is 710. The second kappa shape index (κ2) is 6.50. The van der Waals surface area contributed by atoms with Gasteiger partial charge in [-0.25, -0.2) is 14.3 Å². The van der Waals surface area contributed by atoms with Crippen LogP contribution >= 0.6 is 0 Å². The maximum absolute atomic E-state index is 11.9. The summed E-state index contributed by atoms with van der Waals surface area (Å²) in [6.07, 6.45) is 0.804. The van der Waals surface area contributed by atoms with E-state index in [2.05, 4.69) is 20.4 Å². The molecular weight excluding hydrogens is 286 g/mol. The Balaban J connectivity index is 2.04. The zero-order valence-electron chi connectivity index (χ0n) is 13.1. The Labute approximate surface area is 127 Å². The zero-order chi connectivity index (χ0) is 16.3. The number of aryl methyl sites for hydroxylation is 2. The second-order valence-corrected chi connectivity index (χ2v) is 5.14. The molecular formula is C14H19N5O3. The van der Waals surface area contributed by atoms with Gasteiger partial charge in [0.1, 0.15) is 0 Å². The number of nitrogens with one attached hydrogen (secondary N) is 1. The van der Waals surface area contributed by atoms with Crippen LogP contribution in [-0.4, -0.2) is 44.1 Å². The first-order valence-corrected chi connectivity index (χ1v) is 7.08. The molecule has 1 amide bonds. The van der Waals surface area contributed by atoms with Crippen LogP contribution in [0, 0.1) is 13.8 Å². The van der Waals surface area contributed by atoms with Gasteiger partial charge >= 0.3 is 5.97 Å². The van der Waals surface area contributed by atoms with Crippen LogP contribution in [0.15, 0.2) is 6.07 Å². The molecule has 2 rings (SSSR count). The molecule has 0 saturated heterocycles. The number of ether oxygens (including phenoxy) is 1. The van der Waals surface area contributed by atoms with E-state index in [0.29, 0.717) is 5.78 Å². The fraction of sp³-hybridized carbons (Fsp3) is 0.500. The third kappa shape index (κ3) is 3.57. The van der Waals surface area contributed by atoms with Crippen LogP contribution in [-0.2, 0) is 9.53 Å². The molecule has 1 atom stereocenters. The predicted molar refractivity (Wildman–Crippen MR) is 78.4 cm³/mol. The van der Waals surface area contributed by atoms with Gasteiger partial charge in [0, 0.05) is 17.4 Å². The maximum Gasteiger partial charge on any atom is 0.378 e. The number of aromatic nitrogens is 4. The first kappa shape index (κ1) is 15.9. The molecule has 118 valence electrons. The number of carbonyl (C=O) groups excluding carboxylic acids is 2. The van der Waals surface area contributed by atoms with Gasteiger partial charge in [-0.1, -0.05) is 6.92 Å². The topological polar surface area (TPSA) is 98.5 Å². The number of amides is 1. The first-order valence-electron chi connectivity index (χ1n) is 7.08. The van der Waals surface area contributed by atoms with Crippen LogP contribution in [0.4, 0.5) is 0 Å². The second-order valence-electron chi connectivity index (χ2n) is 5.14. The molecule has 2 aromatic heterocycles. The minimum absolute atomic E-state index is 0.0364. The van der Waals surface area contributed by atoms with Crippen LogP contribution in [0.3, 0.4) is 0 Å². The molecule has 0 aliphatic heterocycles. The Morgan fingerprint density at radius 2 is 2.09 bits per heavy atom. The molecule has 2 heterocycles. The number of esters is 1. The summed E-state index contributed by atoms with van der Waals surface area (Å²) >= 11 is 0. The summed E-state index contributed by atoms with van der Waals surface area (Å²) in [6.45, 7) is 7.14. The molecule has 0 spiro atoms. The minimum Gasteiger partial charge on any atom is -0.450 e. The summed E-state index contributed by atoms with van der Waals surface area (Å²) in [5.74, 6) is -0.885. The Kier molecular flexibility index (Phi) is 4.69. The summed E-state index contributed by atoms with van der Waals surface area (Å²) in [6, 6.07) is 1.87. The van der Waals surface area contributed by atoms with Gasteiger partial charge in [0.25, 0.3) is 17.5 Å². The van der Waals surface area contributed by atoms with Gasteiger partial charge in [-0.05, 0) is 33.3 Å². The van der Waals surface area contributed by atoms with Crippen molar-refractivity contribution in [1.29, 1.82) is 0 Å². The highest BCUT2D eigenvalue weighted by Gasteiger charge is 2.18. The Hall–Kier alpha value is -2.51. The van der Waals surface area contributed by atoms with Crippen molar-refractivity contribution in [3.63, 3.8) is 0 Å². The van der Waals surface area contributed by atoms with E-state index in [1.807, 2.05) is 33.8 Å². The molecule has 0 aliphatic rings. The summed E-state index contributed by atoms with van der Waals surface area (Å²) < 4.78 is 6.38.